The molecule has 6 nitrogen and oxygen atoms in total. The molecule has 2 atom stereocenters. The van der Waals surface area contributed by atoms with Gasteiger partial charge in [-0.15, -0.1) is 0 Å². The van der Waals surface area contributed by atoms with Crippen LogP contribution >= 0.6 is 0 Å². The number of carbonyl (C=O) groups excluding carboxylic acids is 1. The summed E-state index contributed by atoms with van der Waals surface area (Å²) in [5.41, 5.74) is 2.90. The van der Waals surface area contributed by atoms with E-state index in [-0.39, 0.29) is 6.10 Å². The summed E-state index contributed by atoms with van der Waals surface area (Å²) in [7, 11) is 1.60. The van der Waals surface area contributed by atoms with E-state index in [0.717, 1.165) is 11.3 Å². The molecule has 1 heterocycles. The first-order chi connectivity index (χ1) is 15.5. The van der Waals surface area contributed by atoms with Crippen molar-refractivity contribution < 1.29 is 18.7 Å². The molecule has 0 bridgehead atoms. The molecule has 3 rings (SSSR count). The Labute approximate surface area is 188 Å². The van der Waals surface area contributed by atoms with E-state index in [1.807, 2.05) is 38.1 Å². The minimum atomic E-state index is -0.705. The van der Waals surface area contributed by atoms with Crippen molar-refractivity contribution in [1.82, 2.24) is 0 Å². The van der Waals surface area contributed by atoms with Crippen LogP contribution in [0.25, 0.3) is 5.70 Å². The van der Waals surface area contributed by atoms with Gasteiger partial charge in [0.1, 0.15) is 24.0 Å². The Bertz CT molecular complexity index is 1010. The Morgan fingerprint density at radius 1 is 1.34 bits per heavy atom. The van der Waals surface area contributed by atoms with Crippen molar-refractivity contribution in [3.8, 4) is 5.75 Å². The van der Waals surface area contributed by atoms with Crippen molar-refractivity contribution in [2.45, 2.75) is 39.2 Å². The van der Waals surface area contributed by atoms with Gasteiger partial charge in [-0.2, -0.15) is 0 Å². The molecule has 0 fully saturated rings. The van der Waals surface area contributed by atoms with Gasteiger partial charge in [-0.25, -0.2) is 14.4 Å². The van der Waals surface area contributed by atoms with Crippen molar-refractivity contribution in [2.75, 3.05) is 13.7 Å². The molecule has 1 aromatic carbocycles. The van der Waals surface area contributed by atoms with Gasteiger partial charge in [0.2, 0.25) is 0 Å². The number of benzene rings is 1. The molecule has 0 amide bonds. The van der Waals surface area contributed by atoms with Crippen LogP contribution in [0.2, 0.25) is 0 Å². The third-order valence-electron chi connectivity index (χ3n) is 5.31. The molecule has 2 unspecified atom stereocenters. The minimum absolute atomic E-state index is 0.246. The maximum absolute atomic E-state index is 14.0. The topological polar surface area (TPSA) is 72.6 Å². The van der Waals surface area contributed by atoms with Gasteiger partial charge in [-0.05, 0) is 48.7 Å². The summed E-state index contributed by atoms with van der Waals surface area (Å²) in [6, 6.07) is 7.55. The molecular formula is C25H28FN3O3. The number of nitrogens with zero attached hydrogens (tertiary/aromatic N) is 3. The van der Waals surface area contributed by atoms with Crippen LogP contribution in [-0.4, -0.2) is 43.5 Å². The fourth-order valence-electron chi connectivity index (χ4n) is 3.41. The Kier molecular flexibility index (Phi) is 7.87. The molecule has 168 valence electrons. The zero-order chi connectivity index (χ0) is 23.1. The lowest BCUT2D eigenvalue weighted by molar-refractivity contribution is -0.110. The molecule has 0 saturated heterocycles. The van der Waals surface area contributed by atoms with Crippen molar-refractivity contribution in [1.29, 1.82) is 0 Å². The predicted molar refractivity (Wildman–Crippen MR) is 126 cm³/mol. The number of hydrogen-bond acceptors (Lipinski definition) is 6. The Hall–Kier alpha value is -3.35. The van der Waals surface area contributed by atoms with Crippen molar-refractivity contribution in [2.24, 2.45) is 20.9 Å². The Morgan fingerprint density at radius 2 is 2.09 bits per heavy atom. The van der Waals surface area contributed by atoms with E-state index in [1.54, 1.807) is 13.2 Å². The van der Waals surface area contributed by atoms with Crippen LogP contribution in [0.5, 0.6) is 5.75 Å². The number of rotatable bonds is 9. The molecule has 0 radical (unpaired) electrons. The molecule has 1 aliphatic carbocycles. The second-order valence-corrected chi connectivity index (χ2v) is 7.46. The molecule has 0 aromatic heterocycles. The number of halogens is 1. The zero-order valence-corrected chi connectivity index (χ0v) is 18.7. The lowest BCUT2D eigenvalue weighted by Gasteiger charge is -2.17. The average Bonchev–Trinajstić information content (AvgIpc) is 3.31. The fraction of sp³-hybridized carbons (Fsp3) is 0.360. The van der Waals surface area contributed by atoms with Gasteiger partial charge >= 0.3 is 0 Å². The molecule has 0 spiro atoms. The highest BCUT2D eigenvalue weighted by atomic mass is 19.1. The first-order valence-corrected chi connectivity index (χ1v) is 10.7. The summed E-state index contributed by atoms with van der Waals surface area (Å²) in [5, 5.41) is 0. The van der Waals surface area contributed by atoms with Crippen molar-refractivity contribution >= 4 is 29.4 Å². The molecule has 2 aliphatic rings. The second-order valence-electron chi connectivity index (χ2n) is 7.46. The van der Waals surface area contributed by atoms with E-state index in [4.69, 9.17) is 9.47 Å². The lowest BCUT2D eigenvalue weighted by Crippen LogP contribution is -2.27. The summed E-state index contributed by atoms with van der Waals surface area (Å²) in [6.07, 6.45) is 5.25. The van der Waals surface area contributed by atoms with Gasteiger partial charge in [-0.3, -0.25) is 4.99 Å². The highest BCUT2D eigenvalue weighted by Gasteiger charge is 2.25. The molecule has 1 aromatic rings. The maximum Gasteiger partial charge on any atom is 0.187 e. The summed E-state index contributed by atoms with van der Waals surface area (Å²) < 4.78 is 25.4. The van der Waals surface area contributed by atoms with Crippen LogP contribution < -0.4 is 4.74 Å². The molecule has 7 heteroatoms. The van der Waals surface area contributed by atoms with Crippen LogP contribution in [0.1, 0.15) is 38.7 Å². The van der Waals surface area contributed by atoms with Gasteiger partial charge in [0.25, 0.3) is 0 Å². The normalized spacial score (nSPS) is 19.4. The molecule has 0 saturated carbocycles. The highest BCUT2D eigenvalue weighted by molar-refractivity contribution is 6.14. The Balaban J connectivity index is 1.67. The standard InChI is InChI=1S/C25H28FN3O3/c1-5-23(22-14-27-25(29-22)18-7-8-19(15-30)21(26)13-18)32-20-11-9-17(10-12-20)16(3)28-24(6-2)31-4/h7,9-13,15,19,23H,3,5-6,8,14H2,1-2,4H3. The molecule has 32 heavy (non-hydrogen) atoms. The average molecular weight is 438 g/mol. The zero-order valence-electron chi connectivity index (χ0n) is 18.7. The first-order valence-electron chi connectivity index (χ1n) is 10.7. The van der Waals surface area contributed by atoms with Crippen LogP contribution in [0.15, 0.2) is 69.4 Å². The largest absolute Gasteiger partial charge is 0.484 e. The number of ether oxygens (including phenoxy) is 2. The van der Waals surface area contributed by atoms with Gasteiger partial charge in [-0.1, -0.05) is 26.5 Å². The van der Waals surface area contributed by atoms with E-state index in [0.29, 0.717) is 60.8 Å². The highest BCUT2D eigenvalue weighted by Crippen LogP contribution is 2.26. The molecule has 1 aliphatic heterocycles. The van der Waals surface area contributed by atoms with Crippen LogP contribution in [-0.2, 0) is 9.53 Å². The van der Waals surface area contributed by atoms with E-state index >= 15 is 0 Å². The number of allylic oxidation sites excluding steroid dienone is 2. The maximum atomic E-state index is 14.0. The number of hydrogen-bond donors (Lipinski definition) is 0. The van der Waals surface area contributed by atoms with Gasteiger partial charge in [0.15, 0.2) is 11.7 Å². The van der Waals surface area contributed by atoms with Crippen LogP contribution in [0.3, 0.4) is 0 Å². The van der Waals surface area contributed by atoms with Gasteiger partial charge in [0, 0.05) is 12.0 Å². The minimum Gasteiger partial charge on any atom is -0.484 e. The number of methoxy groups -OCH3 is 1. The third-order valence-corrected chi connectivity index (χ3v) is 5.31. The lowest BCUT2D eigenvalue weighted by atomic mass is 9.96. The summed E-state index contributed by atoms with van der Waals surface area (Å²) >= 11 is 0. The molecular weight excluding hydrogens is 409 g/mol. The quantitative estimate of drug-likeness (QED) is 0.306. The van der Waals surface area contributed by atoms with E-state index < -0.39 is 11.7 Å². The van der Waals surface area contributed by atoms with Crippen molar-refractivity contribution in [3.05, 3.63) is 60.0 Å². The number of aliphatic imine (C=N–C) groups is 3. The number of aldehydes is 1. The summed E-state index contributed by atoms with van der Waals surface area (Å²) in [6.45, 7) is 8.39. The molecule has 0 N–H and O–H groups in total. The van der Waals surface area contributed by atoms with Gasteiger partial charge in [0.05, 0.1) is 31.0 Å². The predicted octanol–water partition coefficient (Wildman–Crippen LogP) is 5.12. The second kappa shape index (κ2) is 10.8. The SMILES string of the molecule is C=C(N=C(CC)OC)c1ccc(OC(CC)C2=NC(C3=CCC(C=O)C(F)=C3)=NC2)cc1. The smallest absolute Gasteiger partial charge is 0.187 e. The van der Waals surface area contributed by atoms with E-state index in [2.05, 4.69) is 21.6 Å². The van der Waals surface area contributed by atoms with E-state index in [1.165, 1.54) is 6.08 Å². The summed E-state index contributed by atoms with van der Waals surface area (Å²) in [5.74, 6) is 0.655. The Morgan fingerprint density at radius 3 is 2.69 bits per heavy atom. The number of amidine groups is 1. The first kappa shape index (κ1) is 23.3. The third kappa shape index (κ3) is 5.46. The summed E-state index contributed by atoms with van der Waals surface area (Å²) in [4.78, 5) is 24.3. The van der Waals surface area contributed by atoms with E-state index in [9.17, 15) is 9.18 Å². The van der Waals surface area contributed by atoms with Crippen LogP contribution in [0.4, 0.5) is 4.39 Å². The van der Waals surface area contributed by atoms with Gasteiger partial charge < -0.3 is 14.3 Å². The van der Waals surface area contributed by atoms with Crippen molar-refractivity contribution in [3.63, 3.8) is 0 Å². The fourth-order valence-corrected chi connectivity index (χ4v) is 3.41. The van der Waals surface area contributed by atoms with Crippen LogP contribution in [0, 0.1) is 5.92 Å². The number of carbonyl (C=O) groups is 1. The monoisotopic (exact) mass is 437 g/mol.